The third-order valence-corrected chi connectivity index (χ3v) is 2.51. The van der Waals surface area contributed by atoms with Crippen molar-refractivity contribution in [2.45, 2.75) is 25.5 Å². The molecule has 2 atom stereocenters. The Labute approximate surface area is 101 Å². The Balaban J connectivity index is 2.54. The second-order valence-corrected chi connectivity index (χ2v) is 4.12. The van der Waals surface area contributed by atoms with Gasteiger partial charge < -0.3 is 15.2 Å². The van der Waals surface area contributed by atoms with E-state index in [0.717, 1.165) is 5.69 Å². The molecule has 0 aliphatic carbocycles. The van der Waals surface area contributed by atoms with Gasteiger partial charge in [0.05, 0.1) is 12.8 Å². The highest BCUT2D eigenvalue weighted by Gasteiger charge is 2.31. The minimum atomic E-state index is -1.53. The predicted octanol–water partition coefficient (Wildman–Crippen LogP) is 0.656. The predicted molar refractivity (Wildman–Crippen MR) is 63.3 cm³/mol. The van der Waals surface area contributed by atoms with E-state index in [1.54, 1.807) is 6.20 Å². The molecule has 1 aromatic rings. The summed E-state index contributed by atoms with van der Waals surface area (Å²) in [5.74, 6) is -0.654. The Morgan fingerprint density at radius 2 is 2.35 bits per heavy atom. The van der Waals surface area contributed by atoms with Crippen molar-refractivity contribution in [3.63, 3.8) is 0 Å². The van der Waals surface area contributed by atoms with Gasteiger partial charge in [-0.2, -0.15) is 0 Å². The molecule has 0 radical (unpaired) electrons. The van der Waals surface area contributed by atoms with Crippen LogP contribution in [0.2, 0.25) is 0 Å². The topological polar surface area (TPSA) is 71.5 Å². The summed E-state index contributed by atoms with van der Waals surface area (Å²) in [6.45, 7) is 3.43. The van der Waals surface area contributed by atoms with Crippen LogP contribution in [0.15, 0.2) is 24.4 Å². The van der Waals surface area contributed by atoms with Crippen molar-refractivity contribution in [1.29, 1.82) is 0 Å². The maximum atomic E-state index is 11.3. The fourth-order valence-corrected chi connectivity index (χ4v) is 1.38. The zero-order chi connectivity index (χ0) is 12.9. The van der Waals surface area contributed by atoms with E-state index in [1.807, 2.05) is 25.1 Å². The Morgan fingerprint density at radius 1 is 1.65 bits per heavy atom. The average Bonchev–Trinajstić information content (AvgIpc) is 2.36. The van der Waals surface area contributed by atoms with Crippen LogP contribution < -0.4 is 5.32 Å². The van der Waals surface area contributed by atoms with Crippen LogP contribution in [0.3, 0.4) is 0 Å². The SMILES string of the molecule is COC(=O)C(C)(O)CN[C@@H](C)c1ccccn1. The first-order chi connectivity index (χ1) is 7.97. The molecule has 0 aromatic carbocycles. The number of ether oxygens (including phenoxy) is 1. The summed E-state index contributed by atoms with van der Waals surface area (Å²) < 4.78 is 4.51. The molecule has 1 rings (SSSR count). The number of rotatable bonds is 5. The molecule has 2 N–H and O–H groups in total. The molecule has 0 fully saturated rings. The van der Waals surface area contributed by atoms with Crippen molar-refractivity contribution in [3.05, 3.63) is 30.1 Å². The van der Waals surface area contributed by atoms with E-state index in [2.05, 4.69) is 15.0 Å². The molecule has 94 valence electrons. The Kier molecular flexibility index (Phi) is 4.60. The summed E-state index contributed by atoms with van der Waals surface area (Å²) in [6.07, 6.45) is 1.70. The minimum absolute atomic E-state index is 0.0488. The average molecular weight is 238 g/mol. The smallest absolute Gasteiger partial charge is 0.338 e. The van der Waals surface area contributed by atoms with E-state index in [4.69, 9.17) is 0 Å². The summed E-state index contributed by atoms with van der Waals surface area (Å²) >= 11 is 0. The number of hydrogen-bond acceptors (Lipinski definition) is 5. The number of methoxy groups -OCH3 is 1. The summed E-state index contributed by atoms with van der Waals surface area (Å²) in [4.78, 5) is 15.4. The van der Waals surface area contributed by atoms with Crippen LogP contribution in [0, 0.1) is 0 Å². The van der Waals surface area contributed by atoms with Crippen molar-refractivity contribution < 1.29 is 14.6 Å². The van der Waals surface area contributed by atoms with Gasteiger partial charge in [-0.25, -0.2) is 4.79 Å². The molecule has 5 nitrogen and oxygen atoms in total. The Morgan fingerprint density at radius 3 is 2.88 bits per heavy atom. The standard InChI is InChI=1S/C12H18N2O3/c1-9(10-6-4-5-7-13-10)14-8-12(2,16)11(15)17-3/h4-7,9,14,16H,8H2,1-3H3/t9-,12?/m0/s1. The second kappa shape index (κ2) is 5.75. The number of carbonyl (C=O) groups excluding carboxylic acids is 1. The summed E-state index contributed by atoms with van der Waals surface area (Å²) in [7, 11) is 1.25. The van der Waals surface area contributed by atoms with Crippen LogP contribution in [-0.2, 0) is 9.53 Å². The van der Waals surface area contributed by atoms with E-state index < -0.39 is 11.6 Å². The molecule has 17 heavy (non-hydrogen) atoms. The lowest BCUT2D eigenvalue weighted by Gasteiger charge is -2.23. The molecule has 1 heterocycles. The number of carbonyl (C=O) groups is 1. The van der Waals surface area contributed by atoms with Crippen LogP contribution >= 0.6 is 0 Å². The molecule has 0 spiro atoms. The highest BCUT2D eigenvalue weighted by molar-refractivity contribution is 5.78. The molecular formula is C12H18N2O3. The lowest BCUT2D eigenvalue weighted by atomic mass is 10.1. The van der Waals surface area contributed by atoms with Crippen LogP contribution in [-0.4, -0.2) is 35.3 Å². The summed E-state index contributed by atoms with van der Waals surface area (Å²) in [6, 6.07) is 5.55. The third kappa shape index (κ3) is 3.80. The van der Waals surface area contributed by atoms with E-state index in [1.165, 1.54) is 14.0 Å². The molecule has 0 bridgehead atoms. The van der Waals surface area contributed by atoms with Crippen molar-refractivity contribution in [2.24, 2.45) is 0 Å². The van der Waals surface area contributed by atoms with Gasteiger partial charge in [-0.1, -0.05) is 6.07 Å². The largest absolute Gasteiger partial charge is 0.467 e. The monoisotopic (exact) mass is 238 g/mol. The molecule has 0 amide bonds. The quantitative estimate of drug-likeness (QED) is 0.737. The van der Waals surface area contributed by atoms with Gasteiger partial charge in [-0.3, -0.25) is 4.98 Å². The number of aliphatic hydroxyl groups is 1. The number of hydrogen-bond donors (Lipinski definition) is 2. The first kappa shape index (κ1) is 13.6. The second-order valence-electron chi connectivity index (χ2n) is 4.12. The van der Waals surface area contributed by atoms with Crippen molar-refractivity contribution >= 4 is 5.97 Å². The van der Waals surface area contributed by atoms with Crippen molar-refractivity contribution in [3.8, 4) is 0 Å². The molecular weight excluding hydrogens is 220 g/mol. The van der Waals surface area contributed by atoms with Crippen LogP contribution in [0.1, 0.15) is 25.6 Å². The van der Waals surface area contributed by atoms with Gasteiger partial charge in [0.25, 0.3) is 0 Å². The Bertz CT molecular complexity index is 365. The minimum Gasteiger partial charge on any atom is -0.467 e. The van der Waals surface area contributed by atoms with Gasteiger partial charge in [0.2, 0.25) is 0 Å². The lowest BCUT2D eigenvalue weighted by molar-refractivity contribution is -0.160. The summed E-state index contributed by atoms with van der Waals surface area (Å²) in [5, 5.41) is 12.9. The molecule has 1 aromatic heterocycles. The van der Waals surface area contributed by atoms with Crippen molar-refractivity contribution in [2.75, 3.05) is 13.7 Å². The van der Waals surface area contributed by atoms with E-state index in [0.29, 0.717) is 0 Å². The molecule has 0 aliphatic rings. The van der Waals surface area contributed by atoms with Gasteiger partial charge in [0, 0.05) is 18.8 Å². The summed E-state index contributed by atoms with van der Waals surface area (Å²) in [5.41, 5.74) is -0.675. The first-order valence-corrected chi connectivity index (χ1v) is 5.42. The van der Waals surface area contributed by atoms with E-state index in [9.17, 15) is 9.90 Å². The normalized spacial score (nSPS) is 16.0. The molecule has 5 heteroatoms. The number of nitrogens with zero attached hydrogens (tertiary/aromatic N) is 1. The van der Waals surface area contributed by atoms with Crippen LogP contribution in [0.5, 0.6) is 0 Å². The van der Waals surface area contributed by atoms with Crippen LogP contribution in [0.4, 0.5) is 0 Å². The van der Waals surface area contributed by atoms with Gasteiger partial charge in [-0.15, -0.1) is 0 Å². The van der Waals surface area contributed by atoms with Gasteiger partial charge >= 0.3 is 5.97 Å². The fraction of sp³-hybridized carbons (Fsp3) is 0.500. The highest BCUT2D eigenvalue weighted by Crippen LogP contribution is 2.10. The van der Waals surface area contributed by atoms with E-state index >= 15 is 0 Å². The number of pyridine rings is 1. The molecule has 0 saturated heterocycles. The van der Waals surface area contributed by atoms with Gasteiger partial charge in [0.15, 0.2) is 5.60 Å². The first-order valence-electron chi connectivity index (χ1n) is 5.42. The number of aromatic nitrogens is 1. The van der Waals surface area contributed by atoms with Crippen molar-refractivity contribution in [1.82, 2.24) is 10.3 Å². The fourth-order valence-electron chi connectivity index (χ4n) is 1.38. The molecule has 1 unspecified atom stereocenters. The highest BCUT2D eigenvalue weighted by atomic mass is 16.5. The van der Waals surface area contributed by atoms with Crippen LogP contribution in [0.25, 0.3) is 0 Å². The van der Waals surface area contributed by atoms with E-state index in [-0.39, 0.29) is 12.6 Å². The lowest BCUT2D eigenvalue weighted by Crippen LogP contribution is -2.46. The van der Waals surface area contributed by atoms with Gasteiger partial charge in [-0.05, 0) is 26.0 Å². The zero-order valence-electron chi connectivity index (χ0n) is 10.3. The maximum absolute atomic E-state index is 11.3. The third-order valence-electron chi connectivity index (χ3n) is 2.51. The zero-order valence-corrected chi connectivity index (χ0v) is 10.3. The van der Waals surface area contributed by atoms with Gasteiger partial charge in [0.1, 0.15) is 0 Å². The maximum Gasteiger partial charge on any atom is 0.338 e. The number of esters is 1. The molecule has 0 aliphatic heterocycles. The Hall–Kier alpha value is -1.46. The number of nitrogens with one attached hydrogen (secondary N) is 1. The molecule has 0 saturated carbocycles.